The Labute approximate surface area is 201 Å². The normalized spacial score (nSPS) is 15.6. The fraction of sp³-hybridized carbons (Fsp3) is 0.480. The molecule has 5 rings (SSSR count). The molecule has 178 valence electrons. The van der Waals surface area contributed by atoms with Gasteiger partial charge in [-0.25, -0.2) is 14.8 Å². The lowest BCUT2D eigenvalue weighted by Crippen LogP contribution is -2.33. The number of thioether (sulfide) groups is 1. The molecule has 0 atom stereocenters. The molecule has 1 aromatic carbocycles. The molecule has 2 saturated carbocycles. The van der Waals surface area contributed by atoms with Crippen molar-refractivity contribution in [1.82, 2.24) is 24.4 Å². The number of hydrogen-bond acceptors (Lipinski definition) is 6. The van der Waals surface area contributed by atoms with Gasteiger partial charge < -0.3 is 4.90 Å². The lowest BCUT2D eigenvalue weighted by molar-refractivity contribution is -0.129. The zero-order chi connectivity index (χ0) is 23.8. The summed E-state index contributed by atoms with van der Waals surface area (Å²) in [5.74, 6) is 1.11. The van der Waals surface area contributed by atoms with Gasteiger partial charge in [0.15, 0.2) is 5.65 Å². The molecule has 1 amide bonds. The quantitative estimate of drug-likeness (QED) is 0.372. The molecule has 3 aromatic rings. The predicted molar refractivity (Wildman–Crippen MR) is 132 cm³/mol. The van der Waals surface area contributed by atoms with Gasteiger partial charge in [0.05, 0.1) is 5.75 Å². The molecule has 0 radical (unpaired) electrons. The van der Waals surface area contributed by atoms with Crippen LogP contribution in [0.2, 0.25) is 0 Å². The zero-order valence-electron chi connectivity index (χ0n) is 19.5. The third-order valence-corrected chi connectivity index (χ3v) is 7.26. The molecule has 2 aliphatic rings. The highest BCUT2D eigenvalue weighted by Gasteiger charge is 2.32. The van der Waals surface area contributed by atoms with Crippen molar-refractivity contribution in [2.75, 3.05) is 12.3 Å². The lowest BCUT2D eigenvalue weighted by atomic mass is 10.1. The third-order valence-electron chi connectivity index (χ3n) is 6.30. The monoisotopic (exact) mass is 479 g/mol. The van der Waals surface area contributed by atoms with E-state index in [0.29, 0.717) is 35.0 Å². The topological polar surface area (TPSA) is 101 Å². The number of nitrogens with one attached hydrogen (secondary N) is 1. The van der Waals surface area contributed by atoms with Gasteiger partial charge in [0.2, 0.25) is 5.91 Å². The van der Waals surface area contributed by atoms with Crippen molar-refractivity contribution in [2.24, 2.45) is 0 Å². The summed E-state index contributed by atoms with van der Waals surface area (Å²) in [7, 11) is 0. The maximum atomic E-state index is 13.2. The van der Waals surface area contributed by atoms with Crippen molar-refractivity contribution in [3.05, 3.63) is 62.1 Å². The number of carbonyl (C=O) groups excluding carboxylic acids is 1. The van der Waals surface area contributed by atoms with E-state index in [9.17, 15) is 14.4 Å². The van der Waals surface area contributed by atoms with Gasteiger partial charge in [-0.15, -0.1) is 0 Å². The second kappa shape index (κ2) is 9.37. The Bertz CT molecular complexity index is 1340. The van der Waals surface area contributed by atoms with Crippen LogP contribution in [0.1, 0.15) is 67.9 Å². The maximum absolute atomic E-state index is 13.2. The number of aromatic amines is 1. The average Bonchev–Trinajstić information content (AvgIpc) is 3.71. The number of carbonyl (C=O) groups is 1. The lowest BCUT2D eigenvalue weighted by Gasteiger charge is -2.22. The van der Waals surface area contributed by atoms with Gasteiger partial charge in [-0.2, -0.15) is 0 Å². The van der Waals surface area contributed by atoms with Crippen LogP contribution >= 0.6 is 11.8 Å². The molecule has 2 aliphatic carbocycles. The molecular weight excluding hydrogens is 450 g/mol. The van der Waals surface area contributed by atoms with E-state index in [1.165, 1.54) is 17.3 Å². The molecule has 0 spiro atoms. The largest absolute Gasteiger partial charge is 0.338 e. The molecule has 2 fully saturated rings. The predicted octanol–water partition coefficient (Wildman–Crippen LogP) is 3.53. The van der Waals surface area contributed by atoms with Gasteiger partial charge in [-0.05, 0) is 44.6 Å². The summed E-state index contributed by atoms with van der Waals surface area (Å²) >= 11 is 1.27. The maximum Gasteiger partial charge on any atom is 0.330 e. The summed E-state index contributed by atoms with van der Waals surface area (Å²) in [5.41, 5.74) is 1.78. The Morgan fingerprint density at radius 2 is 1.88 bits per heavy atom. The van der Waals surface area contributed by atoms with Crippen molar-refractivity contribution in [1.29, 1.82) is 0 Å². The highest BCUT2D eigenvalue weighted by Crippen LogP contribution is 2.40. The third kappa shape index (κ3) is 4.80. The molecule has 1 N–H and O–H groups in total. The first-order valence-electron chi connectivity index (χ1n) is 12.0. The number of amides is 1. The Balaban J connectivity index is 1.44. The van der Waals surface area contributed by atoms with E-state index in [0.717, 1.165) is 37.7 Å². The molecule has 9 heteroatoms. The molecule has 0 saturated heterocycles. The van der Waals surface area contributed by atoms with Crippen LogP contribution < -0.4 is 11.2 Å². The fourth-order valence-corrected chi connectivity index (χ4v) is 5.06. The minimum Gasteiger partial charge on any atom is -0.338 e. The fourth-order valence-electron chi connectivity index (χ4n) is 4.13. The number of H-pyrrole nitrogens is 1. The van der Waals surface area contributed by atoms with E-state index in [-0.39, 0.29) is 23.6 Å². The summed E-state index contributed by atoms with van der Waals surface area (Å²) in [6.07, 6.45) is 4.67. The van der Waals surface area contributed by atoms with Crippen LogP contribution in [0.5, 0.6) is 0 Å². The molecule has 8 nitrogen and oxygen atoms in total. The van der Waals surface area contributed by atoms with Crippen LogP contribution in [0.25, 0.3) is 11.0 Å². The van der Waals surface area contributed by atoms with E-state index in [1.807, 2.05) is 11.8 Å². The van der Waals surface area contributed by atoms with Gasteiger partial charge in [-0.3, -0.25) is 19.1 Å². The molecule has 0 aliphatic heterocycles. The summed E-state index contributed by atoms with van der Waals surface area (Å²) in [4.78, 5) is 52.2. The Morgan fingerprint density at radius 1 is 1.15 bits per heavy atom. The first-order chi connectivity index (χ1) is 16.4. The van der Waals surface area contributed by atoms with E-state index < -0.39 is 11.2 Å². The first kappa shape index (κ1) is 22.8. The summed E-state index contributed by atoms with van der Waals surface area (Å²) in [5, 5.41) is 0.803. The number of fused-ring (bicyclic) bond motifs is 1. The van der Waals surface area contributed by atoms with E-state index in [4.69, 9.17) is 4.98 Å². The van der Waals surface area contributed by atoms with Crippen LogP contribution in [0.4, 0.5) is 0 Å². The molecule has 0 bridgehead atoms. The van der Waals surface area contributed by atoms with Crippen LogP contribution in [0.3, 0.4) is 0 Å². The van der Waals surface area contributed by atoms with E-state index in [2.05, 4.69) is 41.2 Å². The van der Waals surface area contributed by atoms with Crippen molar-refractivity contribution in [2.45, 2.75) is 69.5 Å². The standard InChI is InChI=1S/C25H29N5O3S/c1-3-12-29(13-16-6-4-15(2)5-7-16)19(31)14-34-24-20-22(26-21(27-24)17-8-9-17)30(18-10-11-18)25(33)28-23(20)32/h4-7,17-18H,3,8-14H2,1-2H3,(H,28,32,33). The Kier molecular flexibility index (Phi) is 6.29. The average molecular weight is 480 g/mol. The number of benzene rings is 1. The minimum absolute atomic E-state index is 0.000831. The van der Waals surface area contributed by atoms with Gasteiger partial charge in [0, 0.05) is 25.0 Å². The summed E-state index contributed by atoms with van der Waals surface area (Å²) < 4.78 is 1.61. The van der Waals surface area contributed by atoms with Crippen molar-refractivity contribution in [3.63, 3.8) is 0 Å². The highest BCUT2D eigenvalue weighted by molar-refractivity contribution is 8.00. The minimum atomic E-state index is -0.487. The van der Waals surface area contributed by atoms with Crippen LogP contribution in [-0.4, -0.2) is 42.6 Å². The number of aromatic nitrogens is 4. The van der Waals surface area contributed by atoms with E-state index >= 15 is 0 Å². The van der Waals surface area contributed by atoms with E-state index in [1.54, 1.807) is 4.57 Å². The number of rotatable bonds is 9. The molecular formula is C25H29N5O3S. The first-order valence-corrected chi connectivity index (χ1v) is 13.0. The van der Waals surface area contributed by atoms with Crippen LogP contribution in [-0.2, 0) is 11.3 Å². The second-order valence-electron chi connectivity index (χ2n) is 9.31. The molecule has 0 unspecified atom stereocenters. The number of nitrogens with zero attached hydrogens (tertiary/aromatic N) is 4. The van der Waals surface area contributed by atoms with Gasteiger partial charge in [-0.1, -0.05) is 48.5 Å². The smallest absolute Gasteiger partial charge is 0.330 e. The summed E-state index contributed by atoms with van der Waals surface area (Å²) in [6, 6.07) is 8.28. The summed E-state index contributed by atoms with van der Waals surface area (Å²) in [6.45, 7) is 5.31. The molecule has 34 heavy (non-hydrogen) atoms. The van der Waals surface area contributed by atoms with Crippen molar-refractivity contribution < 1.29 is 4.79 Å². The number of hydrogen-bond donors (Lipinski definition) is 1. The number of aryl methyl sites for hydroxylation is 1. The molecule has 2 aromatic heterocycles. The van der Waals surface area contributed by atoms with Gasteiger partial charge in [0.25, 0.3) is 5.56 Å². The Hall–Kier alpha value is -2.94. The second-order valence-corrected chi connectivity index (χ2v) is 10.3. The van der Waals surface area contributed by atoms with Crippen LogP contribution in [0.15, 0.2) is 38.9 Å². The SMILES string of the molecule is CCCN(Cc1ccc(C)cc1)C(=O)CSc1nc(C2CC2)nc2c1c(=O)[nH]c(=O)n2C1CC1. The van der Waals surface area contributed by atoms with Crippen LogP contribution in [0, 0.1) is 6.92 Å². The van der Waals surface area contributed by atoms with Crippen molar-refractivity contribution in [3.8, 4) is 0 Å². The Morgan fingerprint density at radius 3 is 2.53 bits per heavy atom. The highest BCUT2D eigenvalue weighted by atomic mass is 32.2. The van der Waals surface area contributed by atoms with Crippen molar-refractivity contribution >= 4 is 28.7 Å². The van der Waals surface area contributed by atoms with Gasteiger partial charge >= 0.3 is 5.69 Å². The molecule has 2 heterocycles. The zero-order valence-corrected chi connectivity index (χ0v) is 20.4. The van der Waals surface area contributed by atoms with Gasteiger partial charge in [0.1, 0.15) is 16.2 Å².